The fraction of sp³-hybridized carbons (Fsp3) is 0.562. The molecule has 1 aromatic rings. The van der Waals surface area contributed by atoms with Crippen LogP contribution < -0.4 is 11.1 Å². The third-order valence-corrected chi connectivity index (χ3v) is 4.33. The number of carbonyl (C=O) groups is 1. The minimum Gasteiger partial charge on any atom is -0.399 e. The summed E-state index contributed by atoms with van der Waals surface area (Å²) in [6.45, 7) is 4.06. The van der Waals surface area contributed by atoms with Crippen LogP contribution in [0, 0.1) is 0 Å². The zero-order valence-electron chi connectivity index (χ0n) is 12.6. The second kappa shape index (κ2) is 7.66. The van der Waals surface area contributed by atoms with Crippen molar-refractivity contribution in [2.24, 2.45) is 0 Å². The van der Waals surface area contributed by atoms with Gasteiger partial charge in [0.2, 0.25) is 5.91 Å². The van der Waals surface area contributed by atoms with Crippen LogP contribution in [0.15, 0.2) is 18.2 Å². The molecule has 2 rings (SSSR count). The summed E-state index contributed by atoms with van der Waals surface area (Å²) < 4.78 is 0. The van der Waals surface area contributed by atoms with Crippen molar-refractivity contribution in [1.29, 1.82) is 0 Å². The molecule has 0 spiro atoms. The second-order valence-corrected chi connectivity index (χ2v) is 6.01. The van der Waals surface area contributed by atoms with Crippen LogP contribution in [-0.2, 0) is 4.79 Å². The Kier molecular flexibility index (Phi) is 5.88. The number of amides is 1. The molecule has 21 heavy (non-hydrogen) atoms. The van der Waals surface area contributed by atoms with Gasteiger partial charge < -0.3 is 11.1 Å². The molecule has 0 aromatic heterocycles. The Hall–Kier alpha value is -1.26. The van der Waals surface area contributed by atoms with E-state index in [0.717, 1.165) is 19.5 Å². The van der Waals surface area contributed by atoms with Crippen LogP contribution in [0.1, 0.15) is 39.0 Å². The van der Waals surface area contributed by atoms with E-state index in [-0.39, 0.29) is 11.9 Å². The maximum atomic E-state index is 12.5. The van der Waals surface area contributed by atoms with Gasteiger partial charge in [-0.05, 0) is 50.6 Å². The molecule has 1 aliphatic rings. The monoisotopic (exact) mass is 309 g/mol. The molecule has 3 N–H and O–H groups in total. The van der Waals surface area contributed by atoms with E-state index in [2.05, 4.69) is 17.1 Å². The molecule has 0 bridgehead atoms. The molecule has 1 heterocycles. The Bertz CT molecular complexity index is 484. The number of hydrogen-bond donors (Lipinski definition) is 2. The molecule has 116 valence electrons. The lowest BCUT2D eigenvalue weighted by atomic mass is 10.1. The van der Waals surface area contributed by atoms with E-state index in [9.17, 15) is 4.79 Å². The highest BCUT2D eigenvalue weighted by Gasteiger charge is 2.25. The molecule has 0 aliphatic carbocycles. The highest BCUT2D eigenvalue weighted by Crippen LogP contribution is 2.25. The highest BCUT2D eigenvalue weighted by molar-refractivity contribution is 6.34. The van der Waals surface area contributed by atoms with Crippen LogP contribution in [0.3, 0.4) is 0 Å². The smallest absolute Gasteiger partial charge is 0.241 e. The van der Waals surface area contributed by atoms with Crippen LogP contribution in [-0.4, -0.2) is 29.9 Å². The second-order valence-electron chi connectivity index (χ2n) is 5.60. The Balaban J connectivity index is 2.05. The molecule has 1 fully saturated rings. The van der Waals surface area contributed by atoms with E-state index >= 15 is 0 Å². The lowest BCUT2D eigenvalue weighted by Crippen LogP contribution is -2.44. The lowest BCUT2D eigenvalue weighted by molar-refractivity contribution is -0.121. The number of hydrogen-bond acceptors (Lipinski definition) is 3. The molecule has 1 amide bonds. The number of carbonyl (C=O) groups excluding carboxylic acids is 1. The molecule has 0 radical (unpaired) electrons. The van der Waals surface area contributed by atoms with Crippen molar-refractivity contribution in [3.8, 4) is 0 Å². The Labute approximate surface area is 131 Å². The first-order valence-electron chi connectivity index (χ1n) is 7.71. The van der Waals surface area contributed by atoms with Gasteiger partial charge in [0, 0.05) is 5.69 Å². The maximum Gasteiger partial charge on any atom is 0.241 e. The summed E-state index contributed by atoms with van der Waals surface area (Å²) in [5.41, 5.74) is 6.90. The summed E-state index contributed by atoms with van der Waals surface area (Å²) in [4.78, 5) is 14.8. The van der Waals surface area contributed by atoms with Gasteiger partial charge >= 0.3 is 0 Å². The number of nitrogens with zero attached hydrogens (tertiary/aromatic N) is 1. The average Bonchev–Trinajstić information content (AvgIpc) is 2.72. The Morgan fingerprint density at radius 2 is 2.00 bits per heavy atom. The fourth-order valence-electron chi connectivity index (χ4n) is 2.87. The summed E-state index contributed by atoms with van der Waals surface area (Å²) in [7, 11) is 0. The van der Waals surface area contributed by atoms with E-state index < -0.39 is 0 Å². The summed E-state index contributed by atoms with van der Waals surface area (Å²) in [6.07, 6.45) is 5.67. The zero-order chi connectivity index (χ0) is 15.2. The minimum absolute atomic E-state index is 0.0195. The van der Waals surface area contributed by atoms with Gasteiger partial charge in [-0.2, -0.15) is 0 Å². The average molecular weight is 310 g/mol. The minimum atomic E-state index is -0.0864. The van der Waals surface area contributed by atoms with Crippen LogP contribution in [0.25, 0.3) is 0 Å². The first kappa shape index (κ1) is 16.1. The van der Waals surface area contributed by atoms with Crippen LogP contribution >= 0.6 is 11.6 Å². The third-order valence-electron chi connectivity index (χ3n) is 4.02. The number of rotatable bonds is 4. The fourth-order valence-corrected chi connectivity index (χ4v) is 3.10. The number of likely N-dealkylation sites (tertiary alicyclic amines) is 1. The lowest BCUT2D eigenvalue weighted by Gasteiger charge is -2.28. The molecular weight excluding hydrogens is 286 g/mol. The number of anilines is 2. The molecule has 4 nitrogen and oxygen atoms in total. The van der Waals surface area contributed by atoms with Crippen LogP contribution in [0.2, 0.25) is 5.02 Å². The number of halogens is 1. The van der Waals surface area contributed by atoms with Crippen molar-refractivity contribution in [1.82, 2.24) is 4.90 Å². The predicted octanol–water partition coefficient (Wildman–Crippen LogP) is 3.52. The van der Waals surface area contributed by atoms with Crippen molar-refractivity contribution in [3.63, 3.8) is 0 Å². The van der Waals surface area contributed by atoms with Gasteiger partial charge in [0.1, 0.15) is 0 Å². The number of nitrogens with one attached hydrogen (secondary N) is 1. The number of nitrogen functional groups attached to an aromatic ring is 1. The summed E-state index contributed by atoms with van der Waals surface area (Å²) in [5, 5.41) is 3.42. The van der Waals surface area contributed by atoms with Crippen molar-refractivity contribution in [2.75, 3.05) is 24.1 Å². The molecule has 5 heteroatoms. The van der Waals surface area contributed by atoms with E-state index in [1.165, 1.54) is 25.7 Å². The van der Waals surface area contributed by atoms with Gasteiger partial charge in [-0.25, -0.2) is 0 Å². The first-order chi connectivity index (χ1) is 10.1. The van der Waals surface area contributed by atoms with E-state index in [1.54, 1.807) is 18.2 Å². The normalized spacial score (nSPS) is 18.0. The van der Waals surface area contributed by atoms with E-state index in [1.807, 2.05) is 0 Å². The van der Waals surface area contributed by atoms with Crippen molar-refractivity contribution in [2.45, 2.75) is 45.1 Å². The third kappa shape index (κ3) is 4.35. The summed E-state index contributed by atoms with van der Waals surface area (Å²) in [6, 6.07) is 5.07. The molecule has 0 saturated carbocycles. The van der Waals surface area contributed by atoms with E-state index in [4.69, 9.17) is 17.3 Å². The molecule has 1 aliphatic heterocycles. The van der Waals surface area contributed by atoms with Gasteiger partial charge in [0.05, 0.1) is 16.8 Å². The summed E-state index contributed by atoms with van der Waals surface area (Å²) in [5.74, 6) is 0.0195. The maximum absolute atomic E-state index is 12.5. The van der Waals surface area contributed by atoms with Crippen LogP contribution in [0.4, 0.5) is 11.4 Å². The molecule has 1 aromatic carbocycles. The first-order valence-corrected chi connectivity index (χ1v) is 8.09. The van der Waals surface area contributed by atoms with Gasteiger partial charge in [-0.3, -0.25) is 9.69 Å². The SMILES string of the molecule is CCC(C(=O)Nc1ccc(N)cc1Cl)N1CCCCCC1. The van der Waals surface area contributed by atoms with Gasteiger partial charge in [0.15, 0.2) is 0 Å². The standard InChI is InChI=1S/C16H24ClN3O/c1-2-15(20-9-5-3-4-6-10-20)16(21)19-14-8-7-12(18)11-13(14)17/h7-8,11,15H,2-6,9-10,18H2,1H3,(H,19,21). The molecule has 1 saturated heterocycles. The molecule has 1 atom stereocenters. The quantitative estimate of drug-likeness (QED) is 0.837. The van der Waals surface area contributed by atoms with Gasteiger partial charge in [-0.1, -0.05) is 31.4 Å². The molecular formula is C16H24ClN3O. The van der Waals surface area contributed by atoms with Gasteiger partial charge in [0.25, 0.3) is 0 Å². The van der Waals surface area contributed by atoms with Crippen molar-refractivity contribution in [3.05, 3.63) is 23.2 Å². The van der Waals surface area contributed by atoms with Gasteiger partial charge in [-0.15, -0.1) is 0 Å². The van der Waals surface area contributed by atoms with Crippen molar-refractivity contribution < 1.29 is 4.79 Å². The van der Waals surface area contributed by atoms with E-state index in [0.29, 0.717) is 16.4 Å². The largest absolute Gasteiger partial charge is 0.399 e. The van der Waals surface area contributed by atoms with Crippen LogP contribution in [0.5, 0.6) is 0 Å². The zero-order valence-corrected chi connectivity index (χ0v) is 13.3. The highest BCUT2D eigenvalue weighted by atomic mass is 35.5. The summed E-state index contributed by atoms with van der Waals surface area (Å²) >= 11 is 6.13. The number of benzene rings is 1. The Morgan fingerprint density at radius 1 is 1.33 bits per heavy atom. The topological polar surface area (TPSA) is 58.4 Å². The Morgan fingerprint density at radius 3 is 2.57 bits per heavy atom. The molecule has 1 unspecified atom stereocenters. The number of nitrogens with two attached hydrogens (primary N) is 1. The van der Waals surface area contributed by atoms with Crippen molar-refractivity contribution >= 4 is 28.9 Å². The predicted molar refractivity (Wildman–Crippen MR) is 88.6 cm³/mol.